The molecule has 0 aliphatic carbocycles. The number of rotatable bonds is 7. The largest absolute Gasteiger partial charge is 0.487 e. The molecule has 0 unspecified atom stereocenters. The van der Waals surface area contributed by atoms with Gasteiger partial charge in [0.05, 0.1) is 5.88 Å². The molecular formula is C21H28BrF2N3O2S. The van der Waals surface area contributed by atoms with E-state index < -0.39 is 11.6 Å². The van der Waals surface area contributed by atoms with Gasteiger partial charge in [-0.2, -0.15) is 0 Å². The highest BCUT2D eigenvalue weighted by Crippen LogP contribution is 2.24. The highest BCUT2D eigenvalue weighted by Gasteiger charge is 2.12. The van der Waals surface area contributed by atoms with Crippen molar-refractivity contribution < 1.29 is 13.5 Å². The fourth-order valence-corrected chi connectivity index (χ4v) is 2.72. The Kier molecular flexibility index (Phi) is 14.6. The molecule has 30 heavy (non-hydrogen) atoms. The Labute approximate surface area is 189 Å². The summed E-state index contributed by atoms with van der Waals surface area (Å²) in [6, 6.07) is 4.91. The number of pyridine rings is 1. The first-order chi connectivity index (χ1) is 14.3. The van der Waals surface area contributed by atoms with Gasteiger partial charge in [-0.15, -0.1) is 11.8 Å². The van der Waals surface area contributed by atoms with E-state index in [1.54, 1.807) is 30.8 Å². The molecular weight excluding hydrogens is 476 g/mol. The number of hydrogen-bond donors (Lipinski definition) is 1. The molecule has 0 bridgehead atoms. The van der Waals surface area contributed by atoms with Crippen LogP contribution in [-0.2, 0) is 13.2 Å². The molecule has 2 aromatic rings. The van der Waals surface area contributed by atoms with Crippen LogP contribution in [0.3, 0.4) is 0 Å². The maximum absolute atomic E-state index is 13.6. The molecule has 2 N–H and O–H groups in total. The van der Waals surface area contributed by atoms with Crippen LogP contribution in [0.15, 0.2) is 50.8 Å². The van der Waals surface area contributed by atoms with Crippen LogP contribution in [0.5, 0.6) is 5.75 Å². The Bertz CT molecular complexity index is 889. The molecule has 0 atom stereocenters. The zero-order chi connectivity index (χ0) is 23.1. The second-order valence-corrected chi connectivity index (χ2v) is 7.10. The molecule has 1 aromatic heterocycles. The maximum Gasteiger partial charge on any atom is 0.269 e. The highest BCUT2D eigenvalue weighted by molar-refractivity contribution is 9.10. The van der Waals surface area contributed by atoms with Crippen LogP contribution < -0.4 is 16.0 Å². The molecule has 0 aliphatic rings. The Morgan fingerprint density at radius 2 is 2.00 bits per heavy atom. The molecule has 9 heteroatoms. The minimum absolute atomic E-state index is 0.115. The first-order valence-electron chi connectivity index (χ1n) is 9.10. The van der Waals surface area contributed by atoms with Crippen LogP contribution >= 0.6 is 27.7 Å². The third-order valence-electron chi connectivity index (χ3n) is 3.46. The third kappa shape index (κ3) is 9.13. The zero-order valence-electron chi connectivity index (χ0n) is 17.6. The molecule has 0 amide bonds. The van der Waals surface area contributed by atoms with Crippen LogP contribution in [0, 0.1) is 18.6 Å². The molecule has 0 aliphatic heterocycles. The number of benzene rings is 1. The van der Waals surface area contributed by atoms with E-state index in [2.05, 4.69) is 27.6 Å². The SMILES string of the molecule is C=NCSC.CC.Cc1cc(OCc2ccc(F)cc2F)c(Br)c(=O)n1C/C=C/N. The van der Waals surface area contributed by atoms with Gasteiger partial charge in [-0.1, -0.05) is 13.8 Å². The fourth-order valence-electron chi connectivity index (χ4n) is 2.10. The van der Waals surface area contributed by atoms with Crippen molar-refractivity contribution in [1.82, 2.24) is 4.57 Å². The number of hydrogen-bond acceptors (Lipinski definition) is 5. The van der Waals surface area contributed by atoms with E-state index in [4.69, 9.17) is 10.5 Å². The van der Waals surface area contributed by atoms with Crippen molar-refractivity contribution in [2.24, 2.45) is 10.7 Å². The molecule has 0 radical (unpaired) electrons. The van der Waals surface area contributed by atoms with E-state index in [9.17, 15) is 13.6 Å². The minimum atomic E-state index is -0.695. The van der Waals surface area contributed by atoms with Crippen LogP contribution in [0.4, 0.5) is 8.78 Å². The fraction of sp³-hybridized carbons (Fsp3) is 0.333. The second-order valence-electron chi connectivity index (χ2n) is 5.47. The number of aromatic nitrogens is 1. The molecule has 0 saturated heterocycles. The number of aryl methyl sites for hydroxylation is 1. The molecule has 166 valence electrons. The summed E-state index contributed by atoms with van der Waals surface area (Å²) in [5.41, 5.74) is 5.88. The van der Waals surface area contributed by atoms with E-state index >= 15 is 0 Å². The minimum Gasteiger partial charge on any atom is -0.487 e. The first-order valence-corrected chi connectivity index (χ1v) is 11.3. The van der Waals surface area contributed by atoms with E-state index in [0.29, 0.717) is 18.0 Å². The molecule has 1 heterocycles. The van der Waals surface area contributed by atoms with E-state index in [0.717, 1.165) is 18.0 Å². The summed E-state index contributed by atoms with van der Waals surface area (Å²) >= 11 is 4.87. The molecule has 0 spiro atoms. The Morgan fingerprint density at radius 3 is 2.50 bits per heavy atom. The van der Waals surface area contributed by atoms with E-state index in [1.165, 1.54) is 16.8 Å². The van der Waals surface area contributed by atoms with Crippen molar-refractivity contribution in [3.63, 3.8) is 0 Å². The van der Waals surface area contributed by atoms with E-state index in [-0.39, 0.29) is 22.2 Å². The van der Waals surface area contributed by atoms with Gasteiger partial charge in [-0.3, -0.25) is 9.79 Å². The molecule has 2 rings (SSSR count). The smallest absolute Gasteiger partial charge is 0.269 e. The van der Waals surface area contributed by atoms with Crippen molar-refractivity contribution in [3.8, 4) is 5.75 Å². The van der Waals surface area contributed by atoms with Gasteiger partial charge >= 0.3 is 0 Å². The lowest BCUT2D eigenvalue weighted by molar-refractivity contribution is 0.296. The Hall–Kier alpha value is -2.13. The summed E-state index contributed by atoms with van der Waals surface area (Å²) in [5.74, 6) is -0.234. The summed E-state index contributed by atoms with van der Waals surface area (Å²) < 4.78 is 33.7. The lowest BCUT2D eigenvalue weighted by Crippen LogP contribution is -2.23. The van der Waals surface area contributed by atoms with Crippen LogP contribution in [0.2, 0.25) is 0 Å². The van der Waals surface area contributed by atoms with Gasteiger partial charge in [0.25, 0.3) is 5.56 Å². The average molecular weight is 504 g/mol. The third-order valence-corrected chi connectivity index (χ3v) is 4.63. The van der Waals surface area contributed by atoms with Crippen molar-refractivity contribution >= 4 is 34.4 Å². The monoisotopic (exact) mass is 503 g/mol. The topological polar surface area (TPSA) is 69.6 Å². The summed E-state index contributed by atoms with van der Waals surface area (Å²) in [6.45, 7) is 9.26. The predicted octanol–water partition coefficient (Wildman–Crippen LogP) is 5.28. The molecule has 0 saturated carbocycles. The quantitative estimate of drug-likeness (QED) is 0.521. The first kappa shape index (κ1) is 27.9. The molecule has 1 aromatic carbocycles. The van der Waals surface area contributed by atoms with Crippen molar-refractivity contribution in [3.05, 3.63) is 74.3 Å². The predicted molar refractivity (Wildman–Crippen MR) is 126 cm³/mol. The van der Waals surface area contributed by atoms with Gasteiger partial charge in [0.1, 0.15) is 28.5 Å². The summed E-state index contributed by atoms with van der Waals surface area (Å²) in [7, 11) is 0. The van der Waals surface area contributed by atoms with Gasteiger partial charge in [0, 0.05) is 29.9 Å². The Morgan fingerprint density at radius 1 is 1.33 bits per heavy atom. The van der Waals surface area contributed by atoms with Crippen LogP contribution in [0.1, 0.15) is 25.1 Å². The maximum atomic E-state index is 13.6. The number of thioether (sulfide) groups is 1. The second kappa shape index (κ2) is 15.7. The van der Waals surface area contributed by atoms with Gasteiger partial charge < -0.3 is 15.0 Å². The standard InChI is InChI=1S/C16H15BrF2N2O2.C3H7NS.C2H6/c1-10-7-14(15(17)16(22)21(10)6-2-5-20)23-9-11-3-4-12(18)8-13(11)19;1-4-3-5-2;1-2/h2-5,7-8H,6,9,20H2,1H3;1,3H2,2H3;1-2H3/b5-2+;;. The number of ether oxygens (including phenoxy) is 1. The van der Waals surface area contributed by atoms with Crippen LogP contribution in [0.25, 0.3) is 0 Å². The summed E-state index contributed by atoms with van der Waals surface area (Å²) in [4.78, 5) is 15.8. The number of halogens is 3. The van der Waals surface area contributed by atoms with Crippen molar-refractivity contribution in [2.45, 2.75) is 33.9 Å². The van der Waals surface area contributed by atoms with Crippen LogP contribution in [-0.4, -0.2) is 23.4 Å². The van der Waals surface area contributed by atoms with E-state index in [1.807, 2.05) is 20.1 Å². The van der Waals surface area contributed by atoms with Crippen molar-refractivity contribution in [1.29, 1.82) is 0 Å². The molecule has 0 fully saturated rings. The molecule has 5 nitrogen and oxygen atoms in total. The van der Waals surface area contributed by atoms with Gasteiger partial charge in [0.15, 0.2) is 0 Å². The summed E-state index contributed by atoms with van der Waals surface area (Å²) in [5, 5.41) is 0. The number of nitrogens with zero attached hydrogens (tertiary/aromatic N) is 2. The zero-order valence-corrected chi connectivity index (χ0v) is 20.0. The lowest BCUT2D eigenvalue weighted by atomic mass is 10.2. The van der Waals surface area contributed by atoms with Gasteiger partial charge in [-0.05, 0) is 60.2 Å². The summed E-state index contributed by atoms with van der Waals surface area (Å²) in [6.07, 6.45) is 5.01. The highest BCUT2D eigenvalue weighted by atomic mass is 79.9. The van der Waals surface area contributed by atoms with Gasteiger partial charge in [0.2, 0.25) is 0 Å². The number of allylic oxidation sites excluding steroid dienone is 1. The van der Waals surface area contributed by atoms with Gasteiger partial charge in [-0.25, -0.2) is 8.78 Å². The Balaban J connectivity index is 0.00000105. The average Bonchev–Trinajstić information content (AvgIpc) is 2.73. The van der Waals surface area contributed by atoms with Crippen molar-refractivity contribution in [2.75, 3.05) is 12.1 Å². The number of aliphatic imine (C=N–C) groups is 1. The normalized spacial score (nSPS) is 9.97. The number of nitrogens with two attached hydrogens (primary N) is 1. The lowest BCUT2D eigenvalue weighted by Gasteiger charge is -2.13.